The summed E-state index contributed by atoms with van der Waals surface area (Å²) in [7, 11) is 0. The molecule has 10 heterocycles. The van der Waals surface area contributed by atoms with Gasteiger partial charge >= 0.3 is 28.8 Å². The molecule has 0 aliphatic carbocycles. The monoisotopic (exact) mass is 1790 g/mol. The largest absolute Gasteiger partial charge is 0.502 e. The summed E-state index contributed by atoms with van der Waals surface area (Å²) in [5.74, 6) is -1.01. The van der Waals surface area contributed by atoms with Gasteiger partial charge in [-0.05, 0) is 159 Å². The maximum atomic E-state index is 12.1. The SMILES string of the molecule is C=P(C)(C)CC[C@H]1OC(N2CCC(=O)NC2=O)[C@H](O)[C@@H]1O.C=P(C)(C)CC[C@H]1OC(n2cc(/C=C/CN)c(=O)[nH]c2=O)[C@H](O)[C@@H]1O.C=P(C)(C)CC[C@H]1OC(n2cc(C)c(=O)[nH]c2=O)[C@H](O)[C@@H]1O.C=P(C)(C)CC[C@H]1OC(n2cc(I)c(=O)[nH]c2=O)[C@H](O)[C@@H]1O.C=P(C)(C)CC[C@H]1OC(n2cc(O)c(=O)[nH]c2=O)[C@H](O)[C@@H]1O. The van der Waals surface area contributed by atoms with Gasteiger partial charge in [0, 0.05) is 43.7 Å². The summed E-state index contributed by atoms with van der Waals surface area (Å²) in [5, 5.41) is 113. The van der Waals surface area contributed by atoms with E-state index in [2.05, 4.69) is 105 Å². The molecule has 6 saturated heterocycles. The number of halogens is 1. The molecule has 4 aromatic heterocycles. The zero-order valence-electron chi connectivity index (χ0n) is 64.7. The van der Waals surface area contributed by atoms with Gasteiger partial charge in [-0.25, -0.2) is 24.0 Å². The molecule has 0 radical (unpaired) electrons. The molecule has 0 bridgehead atoms. The molecule has 6 aliphatic rings. The Morgan fingerprint density at radius 2 is 0.732 bits per heavy atom. The summed E-state index contributed by atoms with van der Waals surface area (Å²) in [5.41, 5.74) is 0.590. The van der Waals surface area contributed by atoms with Crippen molar-refractivity contribution < 1.29 is 89.4 Å². The van der Waals surface area contributed by atoms with Gasteiger partial charge in [0.05, 0.1) is 45.9 Å². The lowest BCUT2D eigenvalue weighted by Crippen LogP contribution is -2.56. The van der Waals surface area contributed by atoms with E-state index in [9.17, 15) is 104 Å². The second kappa shape index (κ2) is 39.8. The van der Waals surface area contributed by atoms with Gasteiger partial charge in [0.2, 0.25) is 5.91 Å². The lowest BCUT2D eigenvalue weighted by atomic mass is 10.1. The Hall–Kier alpha value is -5.21. The van der Waals surface area contributed by atoms with Crippen LogP contribution in [0.2, 0.25) is 0 Å². The molecule has 6 aliphatic heterocycles. The number of nitrogens with one attached hydrogen (secondary N) is 5. The van der Waals surface area contributed by atoms with Crippen molar-refractivity contribution in [2.45, 2.75) is 168 Å². The predicted octanol–water partition coefficient (Wildman–Crippen LogP) is -2.91. The van der Waals surface area contributed by atoms with Crippen molar-refractivity contribution in [3.8, 4) is 5.75 Å². The van der Waals surface area contributed by atoms with Crippen LogP contribution in [0.15, 0.2) is 69.2 Å². The number of rotatable bonds is 22. The summed E-state index contributed by atoms with van der Waals surface area (Å²) < 4.78 is 32.8. The van der Waals surface area contributed by atoms with E-state index >= 15 is 0 Å². The van der Waals surface area contributed by atoms with Crippen molar-refractivity contribution in [2.75, 3.05) is 111 Å². The van der Waals surface area contributed by atoms with Crippen molar-refractivity contribution in [2.24, 2.45) is 5.73 Å². The van der Waals surface area contributed by atoms with Crippen molar-refractivity contribution >= 4 is 107 Å². The minimum Gasteiger partial charge on any atom is -0.502 e. The molecule has 632 valence electrons. The molecular formula is C69H113IN11O26P5. The Labute approximate surface area is 659 Å². The number of nitrogens with two attached hydrogens (primary N) is 1. The third-order valence-corrected chi connectivity index (χ3v) is 26.8. The van der Waals surface area contributed by atoms with Crippen molar-refractivity contribution in [1.29, 1.82) is 0 Å². The fourth-order valence-electron chi connectivity index (χ4n) is 12.3. The number of aromatic nitrogens is 8. The minimum absolute atomic E-state index is 0.163. The Morgan fingerprint density at radius 3 is 1.07 bits per heavy atom. The van der Waals surface area contributed by atoms with E-state index in [0.717, 1.165) is 55.3 Å². The maximum absolute atomic E-state index is 12.1. The molecule has 112 heavy (non-hydrogen) atoms. The average Bonchev–Trinajstić information content (AvgIpc) is 1.67. The number of carbonyl (C=O) groups excluding carboxylic acids is 2. The van der Waals surface area contributed by atoms with Crippen LogP contribution in [0.5, 0.6) is 5.75 Å². The molecular weight excluding hydrogens is 1680 g/mol. The average molecular weight is 1790 g/mol. The predicted molar refractivity (Wildman–Crippen MR) is 449 cm³/mol. The minimum atomic E-state index is -1.33. The smallest absolute Gasteiger partial charge is 0.330 e. The van der Waals surface area contributed by atoms with Crippen LogP contribution < -0.4 is 56.0 Å². The fourth-order valence-corrected chi connectivity index (χ4v) is 17.5. The van der Waals surface area contributed by atoms with Crippen LogP contribution in [0, 0.1) is 10.5 Å². The normalized spacial score (nSPS) is 29.5. The Morgan fingerprint density at radius 1 is 0.438 bits per heavy atom. The lowest BCUT2D eigenvalue weighted by Gasteiger charge is -2.32. The summed E-state index contributed by atoms with van der Waals surface area (Å²) in [6.07, 6.45) is 15.6. The third kappa shape index (κ3) is 26.7. The number of aromatic amines is 4. The number of aromatic hydroxyl groups is 1. The molecule has 10 rings (SSSR count). The van der Waals surface area contributed by atoms with E-state index in [-0.39, 0.29) is 31.0 Å². The highest BCUT2D eigenvalue weighted by Crippen LogP contribution is 2.44. The van der Waals surface area contributed by atoms with Crippen LogP contribution in [0.25, 0.3) is 6.08 Å². The molecule has 5 unspecified atom stereocenters. The number of aryl methyl sites for hydroxylation is 1. The summed E-state index contributed by atoms with van der Waals surface area (Å²) in [6, 6.07) is -0.590. The first-order valence-electron chi connectivity index (χ1n) is 35.8. The van der Waals surface area contributed by atoms with E-state index in [1.54, 1.807) is 35.6 Å². The summed E-state index contributed by atoms with van der Waals surface area (Å²) in [6.45, 7) is 16.3. The van der Waals surface area contributed by atoms with Crippen molar-refractivity contribution in [3.63, 3.8) is 0 Å². The molecule has 6 fully saturated rings. The van der Waals surface area contributed by atoms with Gasteiger partial charge in [0.25, 0.3) is 22.2 Å². The molecule has 0 aromatic carbocycles. The quantitative estimate of drug-likeness (QED) is 0.0277. The first-order valence-corrected chi connectivity index (χ1v) is 52.1. The number of hydrogen-bond donors (Lipinski definition) is 17. The number of amides is 3. The number of aliphatic hydroxyl groups excluding tert-OH is 10. The third-order valence-electron chi connectivity index (χ3n) is 18.7. The van der Waals surface area contributed by atoms with Crippen LogP contribution in [0.1, 0.15) is 74.6 Å². The number of ether oxygens (including phenoxy) is 5. The number of urea groups is 1. The highest BCUT2D eigenvalue weighted by molar-refractivity contribution is 14.1. The first-order chi connectivity index (χ1) is 51.6. The zero-order chi connectivity index (χ0) is 84.5. The molecule has 0 spiro atoms. The Balaban J connectivity index is 0.000000219. The standard InChI is InChI=1S/C16H26N3O5P.C14H23N2O5P.C13H20IN2O5P.C13H21N2O6P.C13H23N2O5P/c1-25(2,3)8-6-11-12(20)13(21)15(24-11)19-9-10(5-4-7-17)14(22)18-16(19)23;1-8-7-16(14(20)15-12(8)19)13-11(18)10(17)9(21-13)5-6-22(2,3)4;1-22(2,3)5-4-8-9(17)10(18)12(21-8)16-6-7(14)11(19)15-13(16)20;1-22(2,3)5-4-8-9(17)10(18)12(21-8)15-6-7(16)11(19)14-13(15)20;1-21(2,3)7-5-8-10(17)11(18)12(20-8)15-6-4-9(16)14-13(15)19/h4-5,9,11-13,15,20-21H,1,6-8,17H2,2-3H3,(H,18,22,23);7,9-11,13,17-18H,2,5-6H2,1,3-4H3,(H,15,19,20);6,8-10,12,17-18H,1,4-5H2,2-3H3,(H,15,19,20);6,8-10,12,16-18H,1,4-5H2,2-3H3,(H,14,19,20);8,10-12,17-18H,1,4-7H2,2-3H3,(H,14,16,19)/b5-4+;;;;/t11-,12-,13-,15?;9-,10-,11-,13?;2*8-,9-,10-,12?;8-,10-,11-,12?/m11111/s1. The highest BCUT2D eigenvalue weighted by Gasteiger charge is 2.50. The molecule has 20 atom stereocenters. The van der Waals surface area contributed by atoms with E-state index in [1.165, 1.54) is 29.6 Å². The second-order valence-corrected chi connectivity index (χ2v) is 54.7. The van der Waals surface area contributed by atoms with Gasteiger partial charge in [-0.15, -0.1) is 65.9 Å². The molecule has 0 saturated carbocycles. The fraction of sp³-hybridized carbons (Fsp3) is 0.638. The number of carbonyl (C=O) groups is 2. The molecule has 18 N–H and O–H groups in total. The first kappa shape index (κ1) is 95.6. The van der Waals surface area contributed by atoms with Crippen LogP contribution in [0.3, 0.4) is 0 Å². The van der Waals surface area contributed by atoms with E-state index in [0.29, 0.717) is 41.2 Å². The Kier molecular flexibility index (Phi) is 34.0. The van der Waals surface area contributed by atoms with E-state index in [4.69, 9.17) is 29.4 Å². The highest BCUT2D eigenvalue weighted by atomic mass is 127. The van der Waals surface area contributed by atoms with Crippen molar-refractivity contribution in [1.82, 2.24) is 48.4 Å². The zero-order valence-corrected chi connectivity index (χ0v) is 71.3. The van der Waals surface area contributed by atoms with Gasteiger partial charge in [-0.1, -0.05) is 12.2 Å². The van der Waals surface area contributed by atoms with Crippen LogP contribution in [-0.4, -0.2) is 351 Å². The van der Waals surface area contributed by atoms with Crippen LogP contribution >= 0.6 is 57.0 Å². The van der Waals surface area contributed by atoms with Gasteiger partial charge in [-0.2, -0.15) is 0 Å². The van der Waals surface area contributed by atoms with Gasteiger partial charge < -0.3 is 85.6 Å². The number of aliphatic hydroxyl groups is 10. The van der Waals surface area contributed by atoms with E-state index in [1.807, 2.05) is 18.3 Å². The van der Waals surface area contributed by atoms with Gasteiger partial charge in [-0.3, -0.25) is 72.4 Å². The Bertz CT molecular complexity index is 4450. The molecule has 4 aromatic rings. The van der Waals surface area contributed by atoms with Crippen LogP contribution in [-0.2, 0) is 28.5 Å². The summed E-state index contributed by atoms with van der Waals surface area (Å²) >= 11 is 1.79. The lowest BCUT2D eigenvalue weighted by molar-refractivity contribution is -0.125. The summed E-state index contributed by atoms with van der Waals surface area (Å²) in [4.78, 5) is 126. The molecule has 3 amide bonds. The second-order valence-electron chi connectivity index (χ2n) is 32.0. The maximum Gasteiger partial charge on any atom is 0.330 e. The van der Waals surface area contributed by atoms with Crippen LogP contribution in [0.4, 0.5) is 4.79 Å². The van der Waals surface area contributed by atoms with Gasteiger partial charge in [0.1, 0.15) is 61.0 Å². The van der Waals surface area contributed by atoms with E-state index < -0.39 is 214 Å². The van der Waals surface area contributed by atoms with Gasteiger partial charge in [0.15, 0.2) is 36.9 Å². The number of imide groups is 1. The number of hydrogen-bond acceptors (Lipinski definition) is 27. The molecule has 43 heteroatoms. The number of nitrogens with zero attached hydrogens (tertiary/aromatic N) is 5. The number of H-pyrrole nitrogens is 4. The topological polar surface area (TPSA) is 564 Å². The molecule has 37 nitrogen and oxygen atoms in total. The van der Waals surface area contributed by atoms with Crippen molar-refractivity contribution in [3.05, 3.63) is 129 Å².